The first-order valence-corrected chi connectivity index (χ1v) is 5.03. The fourth-order valence-corrected chi connectivity index (χ4v) is 1.38. The second kappa shape index (κ2) is 4.57. The standard InChI is InChI=1S/C13H12N2O/c1-11(16)2-3-12-4-6-13(7-5-12)15-9-8-14-10-15/h2-10H,1H3. The van der Waals surface area contributed by atoms with Gasteiger partial charge in [0.2, 0.25) is 0 Å². The number of carbonyl (C=O) groups is 1. The highest BCUT2D eigenvalue weighted by Crippen LogP contribution is 2.10. The molecule has 0 atom stereocenters. The Morgan fingerprint density at radius 3 is 2.62 bits per heavy atom. The number of aromatic nitrogens is 2. The summed E-state index contributed by atoms with van der Waals surface area (Å²) in [4.78, 5) is 14.8. The average molecular weight is 212 g/mol. The van der Waals surface area contributed by atoms with Crippen LogP contribution in [0.3, 0.4) is 0 Å². The molecule has 0 fully saturated rings. The SMILES string of the molecule is CC(=O)C=Cc1ccc(-n2ccnc2)cc1. The molecule has 2 rings (SSSR count). The fraction of sp³-hybridized carbons (Fsp3) is 0.0769. The number of allylic oxidation sites excluding steroid dienone is 1. The lowest BCUT2D eigenvalue weighted by molar-refractivity contribution is -0.112. The molecule has 0 aliphatic heterocycles. The molecule has 3 heteroatoms. The molecule has 1 aromatic carbocycles. The Morgan fingerprint density at radius 1 is 1.31 bits per heavy atom. The Hall–Kier alpha value is -2.16. The van der Waals surface area contributed by atoms with Crippen LogP contribution in [0.1, 0.15) is 12.5 Å². The minimum Gasteiger partial charge on any atom is -0.306 e. The highest BCUT2D eigenvalue weighted by molar-refractivity contribution is 5.91. The normalized spacial score (nSPS) is 10.8. The molecule has 0 spiro atoms. The number of ketones is 1. The first-order chi connectivity index (χ1) is 7.75. The van der Waals surface area contributed by atoms with Crippen molar-refractivity contribution in [2.75, 3.05) is 0 Å². The van der Waals surface area contributed by atoms with E-state index >= 15 is 0 Å². The van der Waals surface area contributed by atoms with E-state index in [4.69, 9.17) is 0 Å². The van der Waals surface area contributed by atoms with E-state index in [9.17, 15) is 4.79 Å². The van der Waals surface area contributed by atoms with Gasteiger partial charge in [0.15, 0.2) is 5.78 Å². The summed E-state index contributed by atoms with van der Waals surface area (Å²) in [7, 11) is 0. The zero-order valence-corrected chi connectivity index (χ0v) is 9.00. The second-order valence-electron chi connectivity index (χ2n) is 3.51. The summed E-state index contributed by atoms with van der Waals surface area (Å²) >= 11 is 0. The van der Waals surface area contributed by atoms with Crippen molar-refractivity contribution in [3.05, 3.63) is 54.6 Å². The van der Waals surface area contributed by atoms with Crippen molar-refractivity contribution >= 4 is 11.9 Å². The number of rotatable bonds is 3. The number of hydrogen-bond donors (Lipinski definition) is 0. The lowest BCUT2D eigenvalue weighted by Gasteiger charge is -2.01. The second-order valence-corrected chi connectivity index (χ2v) is 3.51. The van der Waals surface area contributed by atoms with E-state index in [1.807, 2.05) is 35.0 Å². The van der Waals surface area contributed by atoms with Crippen LogP contribution >= 0.6 is 0 Å². The molecule has 0 amide bonds. The number of carbonyl (C=O) groups excluding carboxylic acids is 1. The van der Waals surface area contributed by atoms with Gasteiger partial charge in [0, 0.05) is 18.1 Å². The van der Waals surface area contributed by atoms with Crippen LogP contribution in [0.4, 0.5) is 0 Å². The van der Waals surface area contributed by atoms with Crippen molar-refractivity contribution < 1.29 is 4.79 Å². The molecular formula is C13H12N2O. The first-order valence-electron chi connectivity index (χ1n) is 5.03. The van der Waals surface area contributed by atoms with Crippen LogP contribution in [-0.2, 0) is 4.79 Å². The van der Waals surface area contributed by atoms with E-state index in [0.717, 1.165) is 11.3 Å². The molecule has 0 radical (unpaired) electrons. The van der Waals surface area contributed by atoms with Crippen molar-refractivity contribution in [2.45, 2.75) is 6.92 Å². The van der Waals surface area contributed by atoms with Crippen LogP contribution in [0.2, 0.25) is 0 Å². The van der Waals surface area contributed by atoms with Crippen LogP contribution in [0.5, 0.6) is 0 Å². The van der Waals surface area contributed by atoms with Gasteiger partial charge in [0.25, 0.3) is 0 Å². The molecule has 1 heterocycles. The van der Waals surface area contributed by atoms with Crippen molar-refractivity contribution in [3.63, 3.8) is 0 Å². The topological polar surface area (TPSA) is 34.9 Å². The molecule has 0 bridgehead atoms. The van der Waals surface area contributed by atoms with Crippen LogP contribution in [0.25, 0.3) is 11.8 Å². The Labute approximate surface area is 94.1 Å². The summed E-state index contributed by atoms with van der Waals surface area (Å²) in [6.45, 7) is 1.54. The maximum atomic E-state index is 10.8. The van der Waals surface area contributed by atoms with E-state index in [0.29, 0.717) is 0 Å². The third kappa shape index (κ3) is 2.45. The lowest BCUT2D eigenvalue weighted by Crippen LogP contribution is -1.89. The Balaban J connectivity index is 2.20. The third-order valence-electron chi connectivity index (χ3n) is 2.21. The molecule has 16 heavy (non-hydrogen) atoms. The Bertz CT molecular complexity index is 495. The van der Waals surface area contributed by atoms with Crippen LogP contribution in [0, 0.1) is 0 Å². The van der Waals surface area contributed by atoms with Crippen molar-refractivity contribution in [1.82, 2.24) is 9.55 Å². The molecule has 0 saturated heterocycles. The van der Waals surface area contributed by atoms with Crippen LogP contribution < -0.4 is 0 Å². The summed E-state index contributed by atoms with van der Waals surface area (Å²) < 4.78 is 1.93. The first kappa shape index (κ1) is 10.4. The van der Waals surface area contributed by atoms with Crippen LogP contribution in [-0.4, -0.2) is 15.3 Å². The molecule has 0 saturated carbocycles. The zero-order valence-electron chi connectivity index (χ0n) is 9.00. The van der Waals surface area contributed by atoms with Gasteiger partial charge < -0.3 is 4.57 Å². The van der Waals surface area contributed by atoms with Crippen molar-refractivity contribution in [2.24, 2.45) is 0 Å². The monoisotopic (exact) mass is 212 g/mol. The van der Waals surface area contributed by atoms with Crippen molar-refractivity contribution in [1.29, 1.82) is 0 Å². The Morgan fingerprint density at radius 2 is 2.06 bits per heavy atom. The summed E-state index contributed by atoms with van der Waals surface area (Å²) in [5, 5.41) is 0. The molecule has 80 valence electrons. The van der Waals surface area contributed by atoms with E-state index in [1.165, 1.54) is 6.92 Å². The molecule has 0 aliphatic carbocycles. The number of hydrogen-bond acceptors (Lipinski definition) is 2. The van der Waals surface area contributed by atoms with Crippen molar-refractivity contribution in [3.8, 4) is 5.69 Å². The van der Waals surface area contributed by atoms with Gasteiger partial charge in [-0.2, -0.15) is 0 Å². The van der Waals surface area contributed by atoms with E-state index in [-0.39, 0.29) is 5.78 Å². The maximum absolute atomic E-state index is 10.8. The number of nitrogens with zero attached hydrogens (tertiary/aromatic N) is 2. The van der Waals surface area contributed by atoms with E-state index < -0.39 is 0 Å². The third-order valence-corrected chi connectivity index (χ3v) is 2.21. The van der Waals surface area contributed by atoms with Gasteiger partial charge in [-0.15, -0.1) is 0 Å². The molecule has 3 nitrogen and oxygen atoms in total. The number of benzene rings is 1. The number of imidazole rings is 1. The molecule has 0 N–H and O–H groups in total. The van der Waals surface area contributed by atoms with Gasteiger partial charge >= 0.3 is 0 Å². The predicted octanol–water partition coefficient (Wildman–Crippen LogP) is 2.47. The smallest absolute Gasteiger partial charge is 0.152 e. The average Bonchev–Trinajstić information content (AvgIpc) is 2.80. The fourth-order valence-electron chi connectivity index (χ4n) is 1.38. The highest BCUT2D eigenvalue weighted by Gasteiger charge is 1.94. The quantitative estimate of drug-likeness (QED) is 0.732. The van der Waals surface area contributed by atoms with Gasteiger partial charge in [-0.25, -0.2) is 4.98 Å². The molecule has 0 unspecified atom stereocenters. The predicted molar refractivity (Wildman–Crippen MR) is 63.3 cm³/mol. The van der Waals surface area contributed by atoms with Gasteiger partial charge in [-0.3, -0.25) is 4.79 Å². The minimum atomic E-state index is 0.0543. The largest absolute Gasteiger partial charge is 0.306 e. The molecule has 0 aliphatic rings. The summed E-state index contributed by atoms with van der Waals surface area (Å²) in [6.07, 6.45) is 8.75. The van der Waals surface area contributed by atoms with Crippen LogP contribution in [0.15, 0.2) is 49.1 Å². The highest BCUT2D eigenvalue weighted by atomic mass is 16.1. The summed E-state index contributed by atoms with van der Waals surface area (Å²) in [5.74, 6) is 0.0543. The van der Waals surface area contributed by atoms with Gasteiger partial charge in [0.1, 0.15) is 0 Å². The Kier molecular flexibility index (Phi) is 2.96. The molecular weight excluding hydrogens is 200 g/mol. The lowest BCUT2D eigenvalue weighted by atomic mass is 10.2. The zero-order chi connectivity index (χ0) is 11.4. The van der Waals surface area contributed by atoms with Gasteiger partial charge in [-0.05, 0) is 30.7 Å². The van der Waals surface area contributed by atoms with E-state index in [1.54, 1.807) is 24.7 Å². The minimum absolute atomic E-state index is 0.0543. The van der Waals surface area contributed by atoms with E-state index in [2.05, 4.69) is 4.98 Å². The van der Waals surface area contributed by atoms with Gasteiger partial charge in [0.05, 0.1) is 6.33 Å². The summed E-state index contributed by atoms with van der Waals surface area (Å²) in [6, 6.07) is 7.91. The summed E-state index contributed by atoms with van der Waals surface area (Å²) in [5.41, 5.74) is 2.07. The van der Waals surface area contributed by atoms with Gasteiger partial charge in [-0.1, -0.05) is 18.2 Å². The molecule has 1 aromatic heterocycles. The molecule has 2 aromatic rings. The maximum Gasteiger partial charge on any atom is 0.152 e.